The molecule has 1 rings (SSSR count). The van der Waals surface area contributed by atoms with Gasteiger partial charge in [0, 0.05) is 6.20 Å². The number of aliphatic carboxylic acids is 1. The Morgan fingerprint density at radius 3 is 2.54 bits per heavy atom. The smallest absolute Gasteiger partial charge is 0.326 e. The third-order valence-electron chi connectivity index (χ3n) is 1.94. The van der Waals surface area contributed by atoms with Gasteiger partial charge in [-0.15, -0.1) is 0 Å². The van der Waals surface area contributed by atoms with Crippen LogP contribution in [0.4, 0.5) is 0 Å². The fourth-order valence-electron chi connectivity index (χ4n) is 1.35. The number of rotatable bonds is 3. The molecule has 0 aliphatic carbocycles. The summed E-state index contributed by atoms with van der Waals surface area (Å²) < 4.78 is 1.64. The lowest BCUT2D eigenvalue weighted by Gasteiger charge is -2.16. The first-order valence-corrected chi connectivity index (χ1v) is 4.25. The van der Waals surface area contributed by atoms with Gasteiger partial charge in [-0.2, -0.15) is 0 Å². The molecule has 0 saturated heterocycles. The second-order valence-corrected chi connectivity index (χ2v) is 3.49. The molecule has 1 unspecified atom stereocenters. The molecule has 0 bridgehead atoms. The van der Waals surface area contributed by atoms with Crippen molar-refractivity contribution in [2.24, 2.45) is 5.92 Å². The SMILES string of the molecule is Cc1cn(C(C(=O)O)C(C)C)cn1. The van der Waals surface area contributed by atoms with Crippen LogP contribution in [0.2, 0.25) is 0 Å². The van der Waals surface area contributed by atoms with Crippen LogP contribution in [-0.4, -0.2) is 20.6 Å². The Labute approximate surface area is 77.2 Å². The van der Waals surface area contributed by atoms with Gasteiger partial charge >= 0.3 is 5.97 Å². The van der Waals surface area contributed by atoms with Gasteiger partial charge in [0.05, 0.1) is 12.0 Å². The molecule has 0 fully saturated rings. The molecule has 72 valence electrons. The van der Waals surface area contributed by atoms with Crippen LogP contribution in [0.25, 0.3) is 0 Å². The van der Waals surface area contributed by atoms with Crippen molar-refractivity contribution in [3.63, 3.8) is 0 Å². The van der Waals surface area contributed by atoms with Gasteiger partial charge in [0.2, 0.25) is 0 Å². The van der Waals surface area contributed by atoms with Gasteiger partial charge in [0.1, 0.15) is 6.04 Å². The maximum atomic E-state index is 10.9. The van der Waals surface area contributed by atoms with Gasteiger partial charge in [0.25, 0.3) is 0 Å². The Morgan fingerprint density at radius 1 is 1.62 bits per heavy atom. The lowest BCUT2D eigenvalue weighted by atomic mass is 10.1. The van der Waals surface area contributed by atoms with E-state index in [-0.39, 0.29) is 5.92 Å². The molecule has 13 heavy (non-hydrogen) atoms. The summed E-state index contributed by atoms with van der Waals surface area (Å²) in [5.41, 5.74) is 0.840. The number of carbonyl (C=O) groups is 1. The maximum Gasteiger partial charge on any atom is 0.326 e. The fraction of sp³-hybridized carbons (Fsp3) is 0.556. The van der Waals surface area contributed by atoms with E-state index in [1.807, 2.05) is 20.8 Å². The zero-order valence-electron chi connectivity index (χ0n) is 8.06. The molecule has 0 spiro atoms. The van der Waals surface area contributed by atoms with Gasteiger partial charge in [0.15, 0.2) is 0 Å². The monoisotopic (exact) mass is 182 g/mol. The highest BCUT2D eigenvalue weighted by atomic mass is 16.4. The van der Waals surface area contributed by atoms with E-state index in [9.17, 15) is 4.79 Å². The standard InChI is InChI=1S/C9H14N2O2/c1-6(2)8(9(12)13)11-4-7(3)10-5-11/h4-6,8H,1-3H3,(H,12,13). The van der Waals surface area contributed by atoms with Crippen LogP contribution in [0.15, 0.2) is 12.5 Å². The number of carboxylic acid groups (broad SMARTS) is 1. The lowest BCUT2D eigenvalue weighted by Crippen LogP contribution is -2.22. The van der Waals surface area contributed by atoms with Crippen molar-refractivity contribution in [3.05, 3.63) is 18.2 Å². The highest BCUT2D eigenvalue weighted by Crippen LogP contribution is 2.17. The van der Waals surface area contributed by atoms with E-state index in [1.54, 1.807) is 17.1 Å². The van der Waals surface area contributed by atoms with Crippen LogP contribution in [0.5, 0.6) is 0 Å². The molecule has 0 aliphatic heterocycles. The van der Waals surface area contributed by atoms with E-state index in [0.717, 1.165) is 5.69 Å². The van der Waals surface area contributed by atoms with Crippen molar-refractivity contribution in [2.75, 3.05) is 0 Å². The van der Waals surface area contributed by atoms with Crippen molar-refractivity contribution in [1.82, 2.24) is 9.55 Å². The lowest BCUT2D eigenvalue weighted by molar-refractivity contribution is -0.142. The minimum Gasteiger partial charge on any atom is -0.480 e. The van der Waals surface area contributed by atoms with Crippen LogP contribution in [0, 0.1) is 12.8 Å². The summed E-state index contributed by atoms with van der Waals surface area (Å²) in [6.45, 7) is 5.61. The summed E-state index contributed by atoms with van der Waals surface area (Å²) in [5, 5.41) is 8.96. The molecule has 0 amide bonds. The Kier molecular flexibility index (Phi) is 2.70. The Balaban J connectivity index is 2.95. The molecule has 1 aromatic heterocycles. The number of nitrogens with zero attached hydrogens (tertiary/aromatic N) is 2. The normalized spacial score (nSPS) is 13.2. The molecule has 0 saturated carbocycles. The zero-order valence-corrected chi connectivity index (χ0v) is 8.06. The largest absolute Gasteiger partial charge is 0.480 e. The van der Waals surface area contributed by atoms with Crippen molar-refractivity contribution in [1.29, 1.82) is 0 Å². The quantitative estimate of drug-likeness (QED) is 0.770. The van der Waals surface area contributed by atoms with Crippen molar-refractivity contribution in [2.45, 2.75) is 26.8 Å². The first-order valence-electron chi connectivity index (χ1n) is 4.25. The Bertz CT molecular complexity index is 304. The predicted octanol–water partition coefficient (Wildman–Crippen LogP) is 1.47. The molecule has 1 N–H and O–H groups in total. The van der Waals surface area contributed by atoms with Crippen molar-refractivity contribution in [3.8, 4) is 0 Å². The zero-order chi connectivity index (χ0) is 10.0. The fourth-order valence-corrected chi connectivity index (χ4v) is 1.35. The Morgan fingerprint density at radius 2 is 2.23 bits per heavy atom. The number of carboxylic acids is 1. The van der Waals surface area contributed by atoms with Crippen LogP contribution in [-0.2, 0) is 4.79 Å². The molecule has 4 nitrogen and oxygen atoms in total. The molecular formula is C9H14N2O2. The average Bonchev–Trinajstić information content (AvgIpc) is 2.34. The van der Waals surface area contributed by atoms with E-state index in [1.165, 1.54) is 0 Å². The van der Waals surface area contributed by atoms with Gasteiger partial charge in [-0.25, -0.2) is 9.78 Å². The summed E-state index contributed by atoms with van der Waals surface area (Å²) in [4.78, 5) is 14.9. The summed E-state index contributed by atoms with van der Waals surface area (Å²) in [7, 11) is 0. The molecule has 0 aliphatic rings. The highest BCUT2D eigenvalue weighted by Gasteiger charge is 2.22. The maximum absolute atomic E-state index is 10.9. The van der Waals surface area contributed by atoms with Crippen LogP contribution in [0.3, 0.4) is 0 Å². The number of hydrogen-bond acceptors (Lipinski definition) is 2. The minimum absolute atomic E-state index is 0.0612. The molecule has 1 atom stereocenters. The third kappa shape index (κ3) is 2.08. The predicted molar refractivity (Wildman–Crippen MR) is 48.5 cm³/mol. The number of aryl methyl sites for hydroxylation is 1. The summed E-state index contributed by atoms with van der Waals surface area (Å²) in [6, 6.07) is -0.513. The van der Waals surface area contributed by atoms with Crippen LogP contribution >= 0.6 is 0 Å². The summed E-state index contributed by atoms with van der Waals surface area (Å²) in [6.07, 6.45) is 3.31. The van der Waals surface area contributed by atoms with Crippen molar-refractivity contribution < 1.29 is 9.90 Å². The average molecular weight is 182 g/mol. The second-order valence-electron chi connectivity index (χ2n) is 3.49. The topological polar surface area (TPSA) is 55.1 Å². The van der Waals surface area contributed by atoms with Crippen LogP contribution in [0.1, 0.15) is 25.6 Å². The van der Waals surface area contributed by atoms with E-state index >= 15 is 0 Å². The Hall–Kier alpha value is -1.32. The first-order chi connectivity index (χ1) is 6.02. The van der Waals surface area contributed by atoms with E-state index in [4.69, 9.17) is 5.11 Å². The number of aromatic nitrogens is 2. The van der Waals surface area contributed by atoms with Crippen molar-refractivity contribution >= 4 is 5.97 Å². The molecule has 1 heterocycles. The molecule has 0 radical (unpaired) electrons. The molecule has 4 heteroatoms. The summed E-state index contributed by atoms with van der Waals surface area (Å²) in [5.74, 6) is -0.751. The summed E-state index contributed by atoms with van der Waals surface area (Å²) >= 11 is 0. The third-order valence-corrected chi connectivity index (χ3v) is 1.94. The molecule has 1 aromatic rings. The van der Waals surface area contributed by atoms with Crippen LogP contribution < -0.4 is 0 Å². The number of imidazole rings is 1. The molecule has 0 aromatic carbocycles. The second kappa shape index (κ2) is 3.60. The van der Waals surface area contributed by atoms with E-state index in [0.29, 0.717) is 0 Å². The van der Waals surface area contributed by atoms with Gasteiger partial charge in [-0.3, -0.25) is 0 Å². The van der Waals surface area contributed by atoms with Gasteiger partial charge < -0.3 is 9.67 Å². The highest BCUT2D eigenvalue weighted by molar-refractivity contribution is 5.72. The van der Waals surface area contributed by atoms with Gasteiger partial charge in [-0.05, 0) is 12.8 Å². The number of hydrogen-bond donors (Lipinski definition) is 1. The molecular weight excluding hydrogens is 168 g/mol. The first kappa shape index (κ1) is 9.77. The minimum atomic E-state index is -0.813. The van der Waals surface area contributed by atoms with Gasteiger partial charge in [-0.1, -0.05) is 13.8 Å². The van der Waals surface area contributed by atoms with E-state index < -0.39 is 12.0 Å². The van der Waals surface area contributed by atoms with E-state index in [2.05, 4.69) is 4.98 Å².